The van der Waals surface area contributed by atoms with Crippen LogP contribution in [-0.4, -0.2) is 50.7 Å². The average Bonchev–Trinajstić information content (AvgIpc) is 2.19. The van der Waals surface area contributed by atoms with Crippen LogP contribution in [0.3, 0.4) is 0 Å². The van der Waals surface area contributed by atoms with Crippen LogP contribution in [0.5, 0.6) is 0 Å². The van der Waals surface area contributed by atoms with E-state index in [2.05, 4.69) is 13.2 Å². The second-order valence-electron chi connectivity index (χ2n) is 3.35. The summed E-state index contributed by atoms with van der Waals surface area (Å²) >= 11 is 0. The van der Waals surface area contributed by atoms with E-state index in [1.165, 1.54) is 6.07 Å². The molecular weight excluding hydrogens is 264 g/mol. The first kappa shape index (κ1) is 16.9. The molecule has 1 aromatic rings. The molecule has 0 saturated heterocycles. The molecule has 0 radical (unpaired) electrons. The van der Waals surface area contributed by atoms with Gasteiger partial charge in [0.25, 0.3) is 10.1 Å². The summed E-state index contributed by atoms with van der Waals surface area (Å²) in [6, 6.07) is 4.81. The number of hydrogen-bond donors (Lipinski definition) is 1. The summed E-state index contributed by atoms with van der Waals surface area (Å²) in [6.07, 6.45) is 4.26. The molecule has 0 atom stereocenters. The van der Waals surface area contributed by atoms with Crippen molar-refractivity contribution in [2.24, 2.45) is 0 Å². The van der Waals surface area contributed by atoms with Crippen molar-refractivity contribution in [3.63, 3.8) is 0 Å². The maximum absolute atomic E-state index is 11.2. The predicted octanol–water partition coefficient (Wildman–Crippen LogP) is 2.23. The molecule has 1 aromatic carbocycles. The molecule has 0 aromatic heterocycles. The molecule has 0 bridgehead atoms. The molecule has 0 unspecified atom stereocenters. The number of rotatable bonds is 5. The molecule has 1 rings (SSSR count). The zero-order chi connectivity index (χ0) is 12.2. The van der Waals surface area contributed by atoms with E-state index in [0.717, 1.165) is 5.56 Å². The van der Waals surface area contributed by atoms with Crippen LogP contribution in [0.4, 0.5) is 0 Å². The molecule has 0 amide bonds. The molecule has 90 valence electrons. The smallest absolute Gasteiger partial charge is 1.00 e. The fourth-order valence-corrected chi connectivity index (χ4v) is 2.35. The second-order valence-corrected chi connectivity index (χ2v) is 4.74. The van der Waals surface area contributed by atoms with Crippen LogP contribution in [0.1, 0.15) is 14.0 Å². The molecule has 1 N–H and O–H groups in total. The fourth-order valence-electron chi connectivity index (χ4n) is 1.58. The minimum atomic E-state index is -4.18. The van der Waals surface area contributed by atoms with Crippen LogP contribution in [0.15, 0.2) is 48.4 Å². The topological polar surface area (TPSA) is 54.4 Å². The molecule has 5 heteroatoms. The van der Waals surface area contributed by atoms with Gasteiger partial charge in [0.1, 0.15) is 0 Å². The van der Waals surface area contributed by atoms with E-state index in [-0.39, 0.29) is 45.5 Å². The van der Waals surface area contributed by atoms with Gasteiger partial charge in [-0.05, 0) is 30.0 Å². The Kier molecular flexibility index (Phi) is 7.28. The van der Waals surface area contributed by atoms with Gasteiger partial charge in [0.05, 0.1) is 4.90 Å². The molecule has 3 nitrogen and oxygen atoms in total. The van der Waals surface area contributed by atoms with Crippen LogP contribution in [0.2, 0.25) is 0 Å². The first-order valence-electron chi connectivity index (χ1n) is 4.80. The molecular formula is C12H16CaO3S. The van der Waals surface area contributed by atoms with Gasteiger partial charge in [0.15, 0.2) is 0 Å². The van der Waals surface area contributed by atoms with Crippen molar-refractivity contribution >= 4 is 47.9 Å². The fraction of sp³-hybridized carbons (Fsp3) is 0.167. The van der Waals surface area contributed by atoms with Crippen LogP contribution >= 0.6 is 0 Å². The Morgan fingerprint density at radius 2 is 1.82 bits per heavy atom. The minimum absolute atomic E-state index is 0. The van der Waals surface area contributed by atoms with Crippen molar-refractivity contribution in [3.05, 3.63) is 54.6 Å². The van der Waals surface area contributed by atoms with Gasteiger partial charge in [0.2, 0.25) is 0 Å². The summed E-state index contributed by atoms with van der Waals surface area (Å²) in [5, 5.41) is 0. The van der Waals surface area contributed by atoms with Gasteiger partial charge >= 0.3 is 37.7 Å². The van der Waals surface area contributed by atoms with Crippen molar-refractivity contribution in [1.29, 1.82) is 0 Å². The van der Waals surface area contributed by atoms with Crippen molar-refractivity contribution in [3.8, 4) is 0 Å². The third kappa shape index (κ3) is 4.56. The van der Waals surface area contributed by atoms with Crippen molar-refractivity contribution in [2.45, 2.75) is 17.7 Å². The number of allylic oxidation sites excluding steroid dienone is 2. The Morgan fingerprint density at radius 1 is 1.24 bits per heavy atom. The van der Waals surface area contributed by atoms with Gasteiger partial charge in [-0.3, -0.25) is 4.55 Å². The SMILES string of the molecule is C=CCc1cccc(S(=O)(=O)O)c1CC=C.[Ca+2].[H-].[H-]. The summed E-state index contributed by atoms with van der Waals surface area (Å²) in [7, 11) is -4.18. The maximum atomic E-state index is 11.2. The molecule has 0 aliphatic heterocycles. The van der Waals surface area contributed by atoms with Crippen LogP contribution in [0.25, 0.3) is 0 Å². The molecule has 0 fully saturated rings. The first-order chi connectivity index (χ1) is 7.50. The molecule has 0 spiro atoms. The summed E-state index contributed by atoms with van der Waals surface area (Å²) in [4.78, 5) is -0.0493. The van der Waals surface area contributed by atoms with E-state index < -0.39 is 10.1 Å². The number of hydrogen-bond acceptors (Lipinski definition) is 2. The second kappa shape index (κ2) is 7.34. The van der Waals surface area contributed by atoms with Gasteiger partial charge in [0, 0.05) is 0 Å². The quantitative estimate of drug-likeness (QED) is 0.511. The van der Waals surface area contributed by atoms with E-state index in [1.54, 1.807) is 18.2 Å². The van der Waals surface area contributed by atoms with E-state index in [9.17, 15) is 8.42 Å². The molecule has 0 heterocycles. The Bertz CT molecular complexity index is 516. The van der Waals surface area contributed by atoms with Gasteiger partial charge < -0.3 is 2.85 Å². The molecule has 0 aliphatic carbocycles. The summed E-state index contributed by atoms with van der Waals surface area (Å²) in [5.74, 6) is 0. The minimum Gasteiger partial charge on any atom is -1.00 e. The maximum Gasteiger partial charge on any atom is 2.00 e. The normalized spacial score (nSPS) is 10.4. The Labute approximate surface area is 135 Å². The van der Waals surface area contributed by atoms with E-state index >= 15 is 0 Å². The van der Waals surface area contributed by atoms with Crippen molar-refractivity contribution in [2.75, 3.05) is 0 Å². The Hall–Kier alpha value is -0.130. The Balaban J connectivity index is -0.000000853. The molecule has 0 saturated carbocycles. The predicted molar refractivity (Wildman–Crippen MR) is 72.0 cm³/mol. The largest absolute Gasteiger partial charge is 2.00 e. The van der Waals surface area contributed by atoms with Gasteiger partial charge in [-0.25, -0.2) is 0 Å². The third-order valence-electron chi connectivity index (χ3n) is 2.22. The Morgan fingerprint density at radius 3 is 2.29 bits per heavy atom. The van der Waals surface area contributed by atoms with E-state index in [4.69, 9.17) is 4.55 Å². The number of benzene rings is 1. The van der Waals surface area contributed by atoms with Crippen LogP contribution in [-0.2, 0) is 23.0 Å². The third-order valence-corrected chi connectivity index (χ3v) is 3.16. The van der Waals surface area contributed by atoms with Crippen molar-refractivity contribution in [1.82, 2.24) is 0 Å². The average molecular weight is 280 g/mol. The first-order valence-corrected chi connectivity index (χ1v) is 6.24. The summed E-state index contributed by atoms with van der Waals surface area (Å²) < 4.78 is 31.5. The zero-order valence-corrected chi connectivity index (χ0v) is 12.6. The standard InChI is InChI=1S/C12H14O3S.Ca.2H/c1-3-6-10-8-5-9-12(16(13,14)15)11(10)7-4-2;;;/h3-5,8-9H,1-2,6-7H2,(H,13,14,15);;;/q;+2;2*-1. The molecule has 0 aliphatic rings. The van der Waals surface area contributed by atoms with Gasteiger partial charge in [-0.1, -0.05) is 24.3 Å². The van der Waals surface area contributed by atoms with E-state index in [1.807, 2.05) is 6.07 Å². The van der Waals surface area contributed by atoms with Crippen LogP contribution in [0, 0.1) is 0 Å². The zero-order valence-electron chi connectivity index (χ0n) is 11.6. The molecule has 17 heavy (non-hydrogen) atoms. The summed E-state index contributed by atoms with van der Waals surface area (Å²) in [6.45, 7) is 7.19. The van der Waals surface area contributed by atoms with E-state index in [0.29, 0.717) is 18.4 Å². The summed E-state index contributed by atoms with van der Waals surface area (Å²) in [5.41, 5.74) is 1.42. The van der Waals surface area contributed by atoms with Gasteiger partial charge in [-0.15, -0.1) is 13.2 Å². The van der Waals surface area contributed by atoms with Crippen molar-refractivity contribution < 1.29 is 15.8 Å². The van der Waals surface area contributed by atoms with Gasteiger partial charge in [-0.2, -0.15) is 8.42 Å². The van der Waals surface area contributed by atoms with Crippen LogP contribution < -0.4 is 0 Å². The monoisotopic (exact) mass is 280 g/mol.